The molecule has 0 radical (unpaired) electrons. The standard InChI is InChI=1S/C13H20BNO3/c1-12(2)13(3,4)18-14(17-12)11-7-6-10(8-15-11)9-16-5/h6-8H,9H2,1-5H3/i6D,7D,8D. The summed E-state index contributed by atoms with van der Waals surface area (Å²) in [5, 5.41) is 0. The van der Waals surface area contributed by atoms with Gasteiger partial charge in [-0.25, -0.2) is 0 Å². The Morgan fingerprint density at radius 3 is 2.44 bits per heavy atom. The lowest BCUT2D eigenvalue weighted by molar-refractivity contribution is 0.00578. The third-order valence-electron chi connectivity index (χ3n) is 3.42. The molecule has 0 aromatic carbocycles. The third kappa shape index (κ3) is 2.43. The van der Waals surface area contributed by atoms with Crippen molar-refractivity contribution in [1.29, 1.82) is 0 Å². The van der Waals surface area contributed by atoms with Gasteiger partial charge in [0.2, 0.25) is 0 Å². The molecule has 1 aromatic rings. The lowest BCUT2D eigenvalue weighted by atomic mass is 9.84. The Bertz CT molecular complexity index is 550. The number of rotatable bonds is 3. The average molecular weight is 252 g/mol. The van der Waals surface area contributed by atoms with Crippen molar-refractivity contribution in [2.75, 3.05) is 7.11 Å². The Hall–Kier alpha value is -0.905. The lowest BCUT2D eigenvalue weighted by Gasteiger charge is -2.32. The Labute approximate surface area is 113 Å². The maximum absolute atomic E-state index is 8.09. The van der Waals surface area contributed by atoms with Crippen LogP contribution in [0.5, 0.6) is 0 Å². The summed E-state index contributed by atoms with van der Waals surface area (Å²) in [5.41, 5.74) is -0.644. The molecule has 0 bridgehead atoms. The predicted molar refractivity (Wildman–Crippen MR) is 70.7 cm³/mol. The van der Waals surface area contributed by atoms with Gasteiger partial charge in [-0.3, -0.25) is 4.98 Å². The smallest absolute Gasteiger partial charge is 0.398 e. The highest BCUT2D eigenvalue weighted by molar-refractivity contribution is 6.61. The van der Waals surface area contributed by atoms with Gasteiger partial charge >= 0.3 is 7.12 Å². The first-order valence-electron chi connectivity index (χ1n) is 7.42. The molecule has 0 saturated carbocycles. The molecule has 1 saturated heterocycles. The molecule has 0 aliphatic carbocycles. The van der Waals surface area contributed by atoms with Crippen LogP contribution in [0, 0.1) is 0 Å². The molecule has 4 nitrogen and oxygen atoms in total. The summed E-state index contributed by atoms with van der Waals surface area (Å²) in [7, 11) is 0.636. The van der Waals surface area contributed by atoms with Crippen molar-refractivity contribution in [2.24, 2.45) is 0 Å². The number of nitrogens with zero attached hydrogens (tertiary/aromatic N) is 1. The monoisotopic (exact) mass is 252 g/mol. The molecule has 1 aliphatic rings. The summed E-state index contributed by atoms with van der Waals surface area (Å²) in [6.45, 7) is 7.69. The topological polar surface area (TPSA) is 40.6 Å². The van der Waals surface area contributed by atoms with E-state index in [9.17, 15) is 0 Å². The lowest BCUT2D eigenvalue weighted by Crippen LogP contribution is -2.41. The van der Waals surface area contributed by atoms with Gasteiger partial charge in [-0.1, -0.05) is 6.04 Å². The Balaban J connectivity index is 2.43. The highest BCUT2D eigenvalue weighted by atomic mass is 16.7. The molecule has 1 aliphatic heterocycles. The number of pyridine rings is 1. The van der Waals surface area contributed by atoms with Crippen molar-refractivity contribution in [2.45, 2.75) is 45.5 Å². The van der Waals surface area contributed by atoms with E-state index in [0.717, 1.165) is 0 Å². The van der Waals surface area contributed by atoms with Crippen LogP contribution in [0.1, 0.15) is 37.4 Å². The molecule has 0 atom stereocenters. The van der Waals surface area contributed by atoms with Gasteiger partial charge in [-0.2, -0.15) is 0 Å². The van der Waals surface area contributed by atoms with E-state index >= 15 is 0 Å². The van der Waals surface area contributed by atoms with Crippen LogP contribution in [0.2, 0.25) is 0 Å². The zero-order valence-corrected chi connectivity index (χ0v) is 11.5. The molecule has 1 aromatic heterocycles. The Morgan fingerprint density at radius 1 is 1.28 bits per heavy atom. The van der Waals surface area contributed by atoms with E-state index < -0.39 is 18.3 Å². The molecular formula is C13H20BNO3. The van der Waals surface area contributed by atoms with Crippen LogP contribution in [0.4, 0.5) is 0 Å². The SMILES string of the molecule is [2H]c1nc(B2OC(C)(C)C(C)(C)O2)c([2H])c([2H])c1COC. The second kappa shape index (κ2) is 4.65. The van der Waals surface area contributed by atoms with Gasteiger partial charge in [0.1, 0.15) is 0 Å². The number of methoxy groups -OCH3 is 1. The molecule has 0 amide bonds. The molecule has 0 unspecified atom stereocenters. The molecule has 18 heavy (non-hydrogen) atoms. The summed E-state index contributed by atoms with van der Waals surface area (Å²) in [5.74, 6) is 0. The zero-order valence-electron chi connectivity index (χ0n) is 14.5. The van der Waals surface area contributed by atoms with E-state index in [1.807, 2.05) is 27.7 Å². The minimum atomic E-state index is -0.840. The largest absolute Gasteiger partial charge is 0.514 e. The number of hydrogen-bond acceptors (Lipinski definition) is 4. The summed E-state index contributed by atoms with van der Waals surface area (Å²) in [6.07, 6.45) is -0.0810. The second-order valence-electron chi connectivity index (χ2n) is 5.36. The van der Waals surface area contributed by atoms with Crippen molar-refractivity contribution in [1.82, 2.24) is 4.98 Å². The minimum absolute atomic E-state index is 0.0680. The first-order valence-corrected chi connectivity index (χ1v) is 5.92. The fourth-order valence-electron chi connectivity index (χ4n) is 1.60. The van der Waals surface area contributed by atoms with Crippen LogP contribution in [-0.2, 0) is 20.7 Å². The maximum atomic E-state index is 8.09. The highest BCUT2D eigenvalue weighted by Crippen LogP contribution is 2.36. The summed E-state index contributed by atoms with van der Waals surface area (Å²) in [4.78, 5) is 4.09. The van der Waals surface area contributed by atoms with Crippen LogP contribution >= 0.6 is 0 Å². The van der Waals surface area contributed by atoms with Crippen LogP contribution in [0.3, 0.4) is 0 Å². The van der Waals surface area contributed by atoms with Crippen molar-refractivity contribution in [3.8, 4) is 0 Å². The molecule has 98 valence electrons. The van der Waals surface area contributed by atoms with Crippen LogP contribution < -0.4 is 5.59 Å². The molecule has 1 fully saturated rings. The highest BCUT2D eigenvalue weighted by Gasteiger charge is 2.52. The first-order chi connectivity index (χ1) is 9.60. The zero-order chi connectivity index (χ0) is 16.0. The van der Waals surface area contributed by atoms with Crippen molar-refractivity contribution >= 4 is 12.7 Å². The van der Waals surface area contributed by atoms with E-state index in [0.29, 0.717) is 5.56 Å². The maximum Gasteiger partial charge on any atom is 0.514 e. The van der Waals surface area contributed by atoms with Gasteiger partial charge in [0.05, 0.1) is 27.5 Å². The predicted octanol–water partition coefficient (Wildman–Crippen LogP) is 1.53. The van der Waals surface area contributed by atoms with Crippen molar-refractivity contribution < 1.29 is 18.2 Å². The quantitative estimate of drug-likeness (QED) is 0.765. The minimum Gasteiger partial charge on any atom is -0.398 e. The molecule has 2 heterocycles. The number of aromatic nitrogens is 1. The van der Waals surface area contributed by atoms with Crippen molar-refractivity contribution in [3.63, 3.8) is 0 Å². The van der Waals surface area contributed by atoms with Crippen molar-refractivity contribution in [3.05, 3.63) is 23.8 Å². The number of hydrogen-bond donors (Lipinski definition) is 0. The van der Waals surface area contributed by atoms with Gasteiger partial charge in [-0.15, -0.1) is 0 Å². The average Bonchev–Trinajstić information content (AvgIpc) is 2.58. The van der Waals surface area contributed by atoms with Crippen LogP contribution in [0.15, 0.2) is 18.3 Å². The van der Waals surface area contributed by atoms with E-state index in [2.05, 4.69) is 4.98 Å². The summed E-state index contributed by atoms with van der Waals surface area (Å²) < 4.78 is 40.6. The van der Waals surface area contributed by atoms with Gasteiger partial charge in [0.15, 0.2) is 0 Å². The van der Waals surface area contributed by atoms with Gasteiger partial charge in [-0.05, 0) is 39.3 Å². The van der Waals surface area contributed by atoms with E-state index in [-0.39, 0.29) is 30.5 Å². The van der Waals surface area contributed by atoms with E-state index in [4.69, 9.17) is 18.2 Å². The van der Waals surface area contributed by atoms with Crippen LogP contribution in [0.25, 0.3) is 0 Å². The van der Waals surface area contributed by atoms with Gasteiger partial charge in [0.25, 0.3) is 0 Å². The van der Waals surface area contributed by atoms with Crippen LogP contribution in [-0.4, -0.2) is 30.4 Å². The van der Waals surface area contributed by atoms with Gasteiger partial charge < -0.3 is 14.0 Å². The van der Waals surface area contributed by atoms with E-state index in [1.54, 1.807) is 0 Å². The normalized spacial score (nSPS) is 23.6. The molecule has 2 rings (SSSR count). The third-order valence-corrected chi connectivity index (χ3v) is 3.42. The molecule has 0 N–H and O–H groups in total. The summed E-state index contributed by atoms with van der Waals surface area (Å²) in [6, 6.07) is -0.155. The summed E-state index contributed by atoms with van der Waals surface area (Å²) >= 11 is 0. The fraction of sp³-hybridized carbons (Fsp3) is 0.615. The molecule has 5 heteroatoms. The second-order valence-corrected chi connectivity index (χ2v) is 5.36. The Morgan fingerprint density at radius 2 is 1.89 bits per heavy atom. The molecule has 0 spiro atoms. The molecular weight excluding hydrogens is 229 g/mol. The number of ether oxygens (including phenoxy) is 1. The first kappa shape index (κ1) is 9.95. The Kier molecular flexibility index (Phi) is 2.57. The van der Waals surface area contributed by atoms with E-state index in [1.165, 1.54) is 7.11 Å². The van der Waals surface area contributed by atoms with Gasteiger partial charge in [0, 0.05) is 13.3 Å². The fourth-order valence-corrected chi connectivity index (χ4v) is 1.60.